The molecule has 0 spiro atoms. The highest BCUT2D eigenvalue weighted by molar-refractivity contribution is 6.11. The van der Waals surface area contributed by atoms with Gasteiger partial charge in [0.1, 0.15) is 5.69 Å². The molecule has 5 rings (SSSR count). The van der Waals surface area contributed by atoms with Gasteiger partial charge in [0.2, 0.25) is 0 Å². The number of alkyl halides is 3. The number of piperazine rings is 1. The highest BCUT2D eigenvalue weighted by Gasteiger charge is 2.36. The highest BCUT2D eigenvalue weighted by atomic mass is 19.4. The largest absolute Gasteiger partial charge is 0.417 e. The van der Waals surface area contributed by atoms with Gasteiger partial charge in [-0.1, -0.05) is 12.1 Å². The molecule has 0 atom stereocenters. The Morgan fingerprint density at radius 2 is 1.67 bits per heavy atom. The van der Waals surface area contributed by atoms with Crippen molar-refractivity contribution < 1.29 is 31.5 Å². The molecule has 2 aliphatic rings. The number of fused-ring (bicyclic) bond motifs is 2. The molecule has 2 aliphatic heterocycles. The van der Waals surface area contributed by atoms with Crippen LogP contribution in [0.5, 0.6) is 0 Å². The van der Waals surface area contributed by atoms with Gasteiger partial charge in [-0.2, -0.15) is 13.2 Å². The average Bonchev–Trinajstić information content (AvgIpc) is 3.01. The summed E-state index contributed by atoms with van der Waals surface area (Å²) >= 11 is 0. The lowest BCUT2D eigenvalue weighted by Crippen LogP contribution is -2.49. The Morgan fingerprint density at radius 3 is 2.39 bits per heavy atom. The summed E-state index contributed by atoms with van der Waals surface area (Å²) in [6, 6.07) is 8.20. The summed E-state index contributed by atoms with van der Waals surface area (Å²) in [7, 11) is 0. The number of carbonyl (C=O) groups excluding carboxylic acids is 2. The van der Waals surface area contributed by atoms with Crippen molar-refractivity contribution in [3.63, 3.8) is 0 Å². The zero-order valence-corrected chi connectivity index (χ0v) is 18.4. The predicted molar refractivity (Wildman–Crippen MR) is 119 cm³/mol. The van der Waals surface area contributed by atoms with Gasteiger partial charge in [0.15, 0.2) is 23.3 Å². The number of benzene rings is 2. The first kappa shape index (κ1) is 23.5. The third-order valence-corrected chi connectivity index (χ3v) is 5.97. The van der Waals surface area contributed by atoms with Crippen LogP contribution in [0.25, 0.3) is 0 Å². The van der Waals surface area contributed by atoms with Gasteiger partial charge in [-0.3, -0.25) is 9.59 Å². The number of nitrogens with one attached hydrogen (secondary N) is 2. The van der Waals surface area contributed by atoms with E-state index in [9.17, 15) is 31.5 Å². The Kier molecular flexibility index (Phi) is 5.69. The molecule has 2 N–H and O–H groups in total. The minimum absolute atomic E-state index is 0.0358. The number of nitrogens with zero attached hydrogens (tertiary/aromatic N) is 4. The van der Waals surface area contributed by atoms with Crippen molar-refractivity contribution >= 4 is 34.8 Å². The molecule has 8 nitrogen and oxygen atoms in total. The maximum absolute atomic E-state index is 14.2. The van der Waals surface area contributed by atoms with Gasteiger partial charge < -0.3 is 20.4 Å². The number of aromatic nitrogens is 2. The molecule has 186 valence electrons. The Hall–Kier alpha value is -4.29. The van der Waals surface area contributed by atoms with Gasteiger partial charge in [-0.25, -0.2) is 8.78 Å². The molecule has 1 saturated heterocycles. The number of hydrogen-bond donors (Lipinski definition) is 2. The van der Waals surface area contributed by atoms with E-state index >= 15 is 0 Å². The van der Waals surface area contributed by atoms with Crippen LogP contribution >= 0.6 is 0 Å². The highest BCUT2D eigenvalue weighted by Crippen LogP contribution is 2.35. The zero-order chi connectivity index (χ0) is 25.6. The molecule has 3 aromatic rings. The molecular formula is C23H17F5N6O2. The van der Waals surface area contributed by atoms with Gasteiger partial charge in [0.25, 0.3) is 11.8 Å². The molecule has 13 heteroatoms. The van der Waals surface area contributed by atoms with E-state index in [4.69, 9.17) is 0 Å². The van der Waals surface area contributed by atoms with Crippen LogP contribution in [0.3, 0.4) is 0 Å². The number of rotatable bonds is 2. The van der Waals surface area contributed by atoms with Gasteiger partial charge >= 0.3 is 6.18 Å². The van der Waals surface area contributed by atoms with E-state index in [1.807, 2.05) is 0 Å². The van der Waals surface area contributed by atoms with E-state index in [0.29, 0.717) is 0 Å². The van der Waals surface area contributed by atoms with Crippen LogP contribution in [0.15, 0.2) is 42.5 Å². The van der Waals surface area contributed by atoms with Crippen molar-refractivity contribution in [3.8, 4) is 0 Å². The molecule has 0 saturated carbocycles. The second-order valence-corrected chi connectivity index (χ2v) is 8.15. The quantitative estimate of drug-likeness (QED) is 0.512. The van der Waals surface area contributed by atoms with E-state index < -0.39 is 40.8 Å². The summed E-state index contributed by atoms with van der Waals surface area (Å²) < 4.78 is 67.7. The van der Waals surface area contributed by atoms with E-state index in [0.717, 1.165) is 18.2 Å². The number of hydrogen-bond acceptors (Lipinski definition) is 6. The molecule has 2 aromatic carbocycles. The van der Waals surface area contributed by atoms with Gasteiger partial charge in [-0.05, 0) is 30.3 Å². The third kappa shape index (κ3) is 4.16. The lowest BCUT2D eigenvalue weighted by atomic mass is 10.1. The maximum atomic E-state index is 14.2. The fourth-order valence-electron chi connectivity index (χ4n) is 4.11. The second kappa shape index (κ2) is 8.73. The van der Waals surface area contributed by atoms with E-state index in [1.165, 1.54) is 29.2 Å². The number of amides is 2. The molecular weight excluding hydrogens is 487 g/mol. The van der Waals surface area contributed by atoms with Crippen molar-refractivity contribution in [2.75, 3.05) is 41.7 Å². The van der Waals surface area contributed by atoms with Gasteiger partial charge in [0.05, 0.1) is 22.4 Å². The molecule has 3 heterocycles. The summed E-state index contributed by atoms with van der Waals surface area (Å²) in [5.41, 5.74) is -1.63. The van der Waals surface area contributed by atoms with E-state index in [1.54, 1.807) is 4.90 Å². The number of anilines is 4. The summed E-state index contributed by atoms with van der Waals surface area (Å²) in [4.78, 5) is 28.6. The molecule has 1 aromatic heterocycles. The van der Waals surface area contributed by atoms with Crippen molar-refractivity contribution in [2.45, 2.75) is 6.18 Å². The number of carbonyl (C=O) groups is 2. The fourth-order valence-corrected chi connectivity index (χ4v) is 4.11. The zero-order valence-electron chi connectivity index (χ0n) is 18.4. The average molecular weight is 504 g/mol. The third-order valence-electron chi connectivity index (χ3n) is 5.97. The molecule has 36 heavy (non-hydrogen) atoms. The first-order valence-corrected chi connectivity index (χ1v) is 10.8. The molecule has 1 fully saturated rings. The second-order valence-electron chi connectivity index (χ2n) is 8.15. The monoisotopic (exact) mass is 504 g/mol. The minimum Gasteiger partial charge on any atom is -0.352 e. The Balaban J connectivity index is 1.33. The predicted octanol–water partition coefficient (Wildman–Crippen LogP) is 4.05. The van der Waals surface area contributed by atoms with Gasteiger partial charge in [-0.15, -0.1) is 10.2 Å². The molecule has 0 aliphatic carbocycles. The standard InChI is InChI=1S/C23H17F5N6O2/c24-15-5-6-16-19(18(15)25)30-21(35)13-11-17(31-32-20(13)29-16)33-7-9-34(10-8-33)22(36)12-3-1-2-4-14(12)23(26,27)28/h1-6,11H,7-10H2,(H,29,32)(H,30,35). The van der Waals surface area contributed by atoms with Crippen LogP contribution in [0.4, 0.5) is 45.0 Å². The number of halogens is 5. The van der Waals surface area contributed by atoms with Crippen molar-refractivity contribution in [1.29, 1.82) is 0 Å². The lowest BCUT2D eigenvalue weighted by Gasteiger charge is -2.35. The van der Waals surface area contributed by atoms with Crippen LogP contribution in [0.2, 0.25) is 0 Å². The Labute approximate surface area is 200 Å². The SMILES string of the molecule is O=C1Nc2c(ccc(F)c2F)Nc2nnc(N3CCN(C(=O)c4ccccc4C(F)(F)F)CC3)cc21. The molecule has 2 amide bonds. The smallest absolute Gasteiger partial charge is 0.352 e. The molecule has 0 unspecified atom stereocenters. The van der Waals surface area contributed by atoms with Crippen molar-refractivity contribution in [3.05, 3.63) is 70.8 Å². The van der Waals surface area contributed by atoms with Crippen molar-refractivity contribution in [1.82, 2.24) is 15.1 Å². The Bertz CT molecular complexity index is 1370. The molecule has 0 radical (unpaired) electrons. The normalized spacial score (nSPS) is 15.4. The van der Waals surface area contributed by atoms with Crippen LogP contribution in [0, 0.1) is 11.6 Å². The maximum Gasteiger partial charge on any atom is 0.417 e. The topological polar surface area (TPSA) is 90.5 Å². The van der Waals surface area contributed by atoms with E-state index in [2.05, 4.69) is 20.8 Å². The lowest BCUT2D eigenvalue weighted by molar-refractivity contribution is -0.138. The first-order valence-electron chi connectivity index (χ1n) is 10.8. The first-order chi connectivity index (χ1) is 17.1. The van der Waals surface area contributed by atoms with Crippen LogP contribution in [-0.2, 0) is 6.18 Å². The minimum atomic E-state index is -4.66. The van der Waals surface area contributed by atoms with Crippen LogP contribution < -0.4 is 15.5 Å². The summed E-state index contributed by atoms with van der Waals surface area (Å²) in [5.74, 6) is -3.48. The Morgan fingerprint density at radius 1 is 0.944 bits per heavy atom. The summed E-state index contributed by atoms with van der Waals surface area (Å²) in [6.45, 7) is 0.680. The van der Waals surface area contributed by atoms with Crippen LogP contribution in [-0.4, -0.2) is 53.1 Å². The van der Waals surface area contributed by atoms with Crippen molar-refractivity contribution in [2.24, 2.45) is 0 Å². The summed E-state index contributed by atoms with van der Waals surface area (Å²) in [6.07, 6.45) is -4.66. The van der Waals surface area contributed by atoms with Crippen LogP contribution in [0.1, 0.15) is 26.3 Å². The summed E-state index contributed by atoms with van der Waals surface area (Å²) in [5, 5.41) is 13.2. The molecule has 0 bridgehead atoms. The van der Waals surface area contributed by atoms with Gasteiger partial charge in [0, 0.05) is 26.2 Å². The fraction of sp³-hybridized carbons (Fsp3) is 0.217. The van der Waals surface area contributed by atoms with E-state index in [-0.39, 0.29) is 54.8 Å².